The number of nitrogens with zero attached hydrogens (tertiary/aromatic N) is 4. The molecule has 0 unspecified atom stereocenters. The van der Waals surface area contributed by atoms with E-state index in [1.807, 2.05) is 36.4 Å². The summed E-state index contributed by atoms with van der Waals surface area (Å²) in [5.74, 6) is 0.437. The largest absolute Gasteiger partial charge is 0.493 e. The fourth-order valence-corrected chi connectivity index (χ4v) is 3.20. The summed E-state index contributed by atoms with van der Waals surface area (Å²) >= 11 is 0.947. The third-order valence-electron chi connectivity index (χ3n) is 3.71. The molecule has 0 fully saturated rings. The van der Waals surface area contributed by atoms with Crippen LogP contribution in [0.3, 0.4) is 0 Å². The van der Waals surface area contributed by atoms with E-state index in [0.29, 0.717) is 17.3 Å². The van der Waals surface area contributed by atoms with E-state index in [1.165, 1.54) is 6.34 Å². The normalized spacial score (nSPS) is 15.1. The summed E-state index contributed by atoms with van der Waals surface area (Å²) in [5.41, 5.74) is 1.64. The lowest BCUT2D eigenvalue weighted by Gasteiger charge is -2.06. The van der Waals surface area contributed by atoms with E-state index in [-0.39, 0.29) is 10.8 Å². The Kier molecular flexibility index (Phi) is 4.24. The van der Waals surface area contributed by atoms with Crippen molar-refractivity contribution >= 4 is 29.6 Å². The van der Waals surface area contributed by atoms with Gasteiger partial charge in [0.05, 0.1) is 22.5 Å². The quantitative estimate of drug-likeness (QED) is 0.725. The second-order valence-electron chi connectivity index (χ2n) is 5.48. The Labute approximate surface area is 151 Å². The minimum atomic E-state index is -0.302. The molecular weight excluding hydrogens is 350 g/mol. The van der Waals surface area contributed by atoms with E-state index in [0.717, 1.165) is 33.2 Å². The maximum atomic E-state index is 11.3. The van der Waals surface area contributed by atoms with Gasteiger partial charge < -0.3 is 5.11 Å². The van der Waals surface area contributed by atoms with Crippen molar-refractivity contribution in [2.45, 2.75) is 6.54 Å². The van der Waals surface area contributed by atoms with Crippen molar-refractivity contribution in [3.8, 4) is 5.88 Å². The number of nitrogens with one attached hydrogen (secondary N) is 1. The molecule has 0 aliphatic carbocycles. The van der Waals surface area contributed by atoms with Crippen LogP contribution in [0.2, 0.25) is 0 Å². The van der Waals surface area contributed by atoms with Crippen LogP contribution in [0.4, 0.5) is 0 Å². The second-order valence-corrected chi connectivity index (χ2v) is 6.50. The van der Waals surface area contributed by atoms with E-state index in [4.69, 9.17) is 0 Å². The number of aromatic amines is 1. The van der Waals surface area contributed by atoms with Gasteiger partial charge in [-0.05, 0) is 35.6 Å². The molecule has 0 amide bonds. The van der Waals surface area contributed by atoms with Gasteiger partial charge in [0.1, 0.15) is 6.34 Å². The number of benzene rings is 1. The highest BCUT2D eigenvalue weighted by Gasteiger charge is 2.09. The number of hydrogen-bond acceptors (Lipinski definition) is 6. The Hall–Kier alpha value is -3.39. The molecule has 3 aromatic rings. The van der Waals surface area contributed by atoms with Crippen LogP contribution in [0, 0.1) is 0 Å². The number of hydrogen-bond donors (Lipinski definition) is 2. The highest BCUT2D eigenvalue weighted by molar-refractivity contribution is 7.10. The van der Waals surface area contributed by atoms with Crippen molar-refractivity contribution in [1.82, 2.24) is 9.97 Å². The van der Waals surface area contributed by atoms with Crippen molar-refractivity contribution in [1.29, 1.82) is 0 Å². The molecule has 0 saturated heterocycles. The molecule has 0 spiro atoms. The summed E-state index contributed by atoms with van der Waals surface area (Å²) in [6.07, 6.45) is 4.93. The molecule has 1 aliphatic heterocycles. The second kappa shape index (κ2) is 6.85. The smallest absolute Gasteiger partial charge is 0.307 e. The number of rotatable bonds is 3. The number of aromatic nitrogens is 2. The highest BCUT2D eigenvalue weighted by Crippen LogP contribution is 2.15. The van der Waals surface area contributed by atoms with Gasteiger partial charge in [-0.1, -0.05) is 23.5 Å². The lowest BCUT2D eigenvalue weighted by molar-refractivity contribution is 0.455. The average molecular weight is 363 g/mol. The summed E-state index contributed by atoms with van der Waals surface area (Å²) in [5, 5.41) is 11.3. The minimum absolute atomic E-state index is 0.135. The molecule has 2 aromatic heterocycles. The van der Waals surface area contributed by atoms with Gasteiger partial charge in [0.25, 0.3) is 0 Å². The molecule has 4 rings (SSSR count). The first-order valence-electron chi connectivity index (χ1n) is 7.78. The summed E-state index contributed by atoms with van der Waals surface area (Å²) in [4.78, 5) is 31.2. The Balaban J connectivity index is 1.74. The van der Waals surface area contributed by atoms with Gasteiger partial charge >= 0.3 is 4.87 Å². The number of thiazole rings is 1. The van der Waals surface area contributed by atoms with Gasteiger partial charge in [0, 0.05) is 11.8 Å². The Morgan fingerprint density at radius 3 is 2.96 bits per heavy atom. The van der Waals surface area contributed by atoms with Crippen LogP contribution in [0.1, 0.15) is 16.1 Å². The minimum Gasteiger partial charge on any atom is -0.493 e. The zero-order valence-corrected chi connectivity index (χ0v) is 14.3. The van der Waals surface area contributed by atoms with Gasteiger partial charge in [0.15, 0.2) is 5.84 Å². The van der Waals surface area contributed by atoms with Gasteiger partial charge in [0.2, 0.25) is 5.88 Å². The molecule has 7 nitrogen and oxygen atoms in total. The predicted molar refractivity (Wildman–Crippen MR) is 100 cm³/mol. The van der Waals surface area contributed by atoms with Crippen LogP contribution in [0.25, 0.3) is 6.08 Å². The molecule has 0 saturated carbocycles. The van der Waals surface area contributed by atoms with Gasteiger partial charge in [-0.25, -0.2) is 9.98 Å². The number of pyridine rings is 1. The zero-order valence-electron chi connectivity index (χ0n) is 13.5. The first-order chi connectivity index (χ1) is 12.7. The number of aliphatic imine (C=N–C) groups is 2. The summed E-state index contributed by atoms with van der Waals surface area (Å²) in [7, 11) is 0. The molecule has 1 aromatic carbocycles. The van der Waals surface area contributed by atoms with Crippen LogP contribution in [0.15, 0.2) is 62.4 Å². The molecule has 26 heavy (non-hydrogen) atoms. The SMILES string of the molecule is O=c1[nH]c(O)c(/C=c2\ccc3c(c2)C(=NCc2ccccn2)N=CN=3)s1. The Bertz CT molecular complexity index is 1190. The van der Waals surface area contributed by atoms with Crippen molar-refractivity contribution in [2.75, 3.05) is 0 Å². The first kappa shape index (κ1) is 16.1. The highest BCUT2D eigenvalue weighted by atomic mass is 32.1. The summed E-state index contributed by atoms with van der Waals surface area (Å²) in [6, 6.07) is 11.3. The predicted octanol–water partition coefficient (Wildman–Crippen LogP) is 0.974. The number of amidine groups is 1. The third kappa shape index (κ3) is 3.35. The van der Waals surface area contributed by atoms with Crippen LogP contribution >= 0.6 is 11.3 Å². The number of fused-ring (bicyclic) bond motifs is 1. The van der Waals surface area contributed by atoms with Gasteiger partial charge in [-0.15, -0.1) is 0 Å². The Morgan fingerprint density at radius 2 is 2.19 bits per heavy atom. The molecule has 2 N–H and O–H groups in total. The molecule has 3 heterocycles. The van der Waals surface area contributed by atoms with E-state index >= 15 is 0 Å². The molecule has 0 bridgehead atoms. The third-order valence-corrected chi connectivity index (χ3v) is 4.53. The van der Waals surface area contributed by atoms with Crippen LogP contribution in [0.5, 0.6) is 5.88 Å². The first-order valence-corrected chi connectivity index (χ1v) is 8.60. The lowest BCUT2D eigenvalue weighted by atomic mass is 10.1. The van der Waals surface area contributed by atoms with Gasteiger partial charge in [-0.3, -0.25) is 19.8 Å². The summed E-state index contributed by atoms with van der Waals surface area (Å²) < 4.78 is 0. The number of aromatic hydroxyl groups is 1. The molecule has 0 radical (unpaired) electrons. The maximum Gasteiger partial charge on any atom is 0.307 e. The summed E-state index contributed by atoms with van der Waals surface area (Å²) in [6.45, 7) is 0.418. The molecular formula is C18H13N5O2S. The van der Waals surface area contributed by atoms with E-state index in [1.54, 1.807) is 12.3 Å². The van der Waals surface area contributed by atoms with E-state index in [2.05, 4.69) is 24.9 Å². The van der Waals surface area contributed by atoms with E-state index < -0.39 is 0 Å². The molecule has 1 aliphatic rings. The fraction of sp³-hybridized carbons (Fsp3) is 0.0556. The molecule has 8 heteroatoms. The van der Waals surface area contributed by atoms with Crippen molar-refractivity contribution in [3.05, 3.63) is 79.0 Å². The fourth-order valence-electron chi connectivity index (χ4n) is 2.51. The Morgan fingerprint density at radius 1 is 1.27 bits per heavy atom. The monoisotopic (exact) mass is 363 g/mol. The zero-order chi connectivity index (χ0) is 17.9. The van der Waals surface area contributed by atoms with Crippen LogP contribution < -0.4 is 15.4 Å². The number of H-pyrrole nitrogens is 1. The van der Waals surface area contributed by atoms with Crippen LogP contribution in [-0.4, -0.2) is 27.2 Å². The van der Waals surface area contributed by atoms with Gasteiger partial charge in [-0.2, -0.15) is 0 Å². The van der Waals surface area contributed by atoms with Crippen LogP contribution in [-0.2, 0) is 6.54 Å². The molecule has 128 valence electrons. The van der Waals surface area contributed by atoms with Crippen molar-refractivity contribution < 1.29 is 5.11 Å². The van der Waals surface area contributed by atoms with Crippen molar-refractivity contribution in [3.63, 3.8) is 0 Å². The van der Waals surface area contributed by atoms with E-state index in [9.17, 15) is 9.90 Å². The lowest BCUT2D eigenvalue weighted by Crippen LogP contribution is -2.22. The standard InChI is InChI=1S/C18H13N5O2S/c24-17-15(26-18(25)23-17)8-11-4-5-14-13(7-11)16(22-10-21-14)20-9-12-3-1-2-6-19-12/h1-8,10,24H,9H2,(H,23,25)/b11-8+,20-16?. The average Bonchev–Trinajstić information content (AvgIpc) is 2.98. The molecule has 0 atom stereocenters. The maximum absolute atomic E-state index is 11.3. The topological polar surface area (TPSA) is 103 Å². The van der Waals surface area contributed by atoms with Crippen molar-refractivity contribution in [2.24, 2.45) is 15.0 Å².